The van der Waals surface area contributed by atoms with Gasteiger partial charge in [-0.3, -0.25) is 9.59 Å². The lowest BCUT2D eigenvalue weighted by atomic mass is 10.2. The molecular formula is C30H25BrFN5O3. The first-order chi connectivity index (χ1) is 19.2. The predicted molar refractivity (Wildman–Crippen MR) is 157 cm³/mol. The standard InChI is InChI=1S/C30H25BrFN5O3/c1-18-14-21(16-33-37-20(3)34-28-13-4-22(31)15-27(28)30(37)39)19(2)36(18)25-9-11-26(12-10-25)40-17-29(38)35-24-7-5-23(32)6-8-24/h4-16H,17H2,1-3H3,(H,35,38). The van der Waals surface area contributed by atoms with Crippen molar-refractivity contribution in [1.29, 1.82) is 0 Å². The molecule has 0 atom stereocenters. The number of hydrogen-bond acceptors (Lipinski definition) is 5. The van der Waals surface area contributed by atoms with E-state index in [-0.39, 0.29) is 23.9 Å². The Morgan fingerprint density at radius 3 is 2.50 bits per heavy atom. The molecule has 3 aromatic carbocycles. The minimum atomic E-state index is -0.372. The largest absolute Gasteiger partial charge is 0.484 e. The van der Waals surface area contributed by atoms with Gasteiger partial charge < -0.3 is 14.6 Å². The Morgan fingerprint density at radius 1 is 1.05 bits per heavy atom. The third-order valence-electron chi connectivity index (χ3n) is 6.35. The van der Waals surface area contributed by atoms with Gasteiger partial charge in [0.25, 0.3) is 11.5 Å². The molecule has 0 aliphatic rings. The molecule has 8 nitrogen and oxygen atoms in total. The van der Waals surface area contributed by atoms with Gasteiger partial charge in [-0.05, 0) is 93.6 Å². The summed E-state index contributed by atoms with van der Waals surface area (Å²) in [6.07, 6.45) is 1.66. The Hall–Kier alpha value is -4.57. The molecule has 10 heteroatoms. The van der Waals surface area contributed by atoms with Crippen molar-refractivity contribution < 1.29 is 13.9 Å². The van der Waals surface area contributed by atoms with E-state index in [0.717, 1.165) is 27.1 Å². The third-order valence-corrected chi connectivity index (χ3v) is 6.84. The highest BCUT2D eigenvalue weighted by Crippen LogP contribution is 2.22. The molecule has 0 bridgehead atoms. The minimum absolute atomic E-state index is 0.182. The number of benzene rings is 3. The fraction of sp³-hybridized carbons (Fsp3) is 0.133. The van der Waals surface area contributed by atoms with E-state index in [9.17, 15) is 14.0 Å². The Bertz CT molecular complexity index is 1810. The van der Waals surface area contributed by atoms with Crippen LogP contribution in [0.4, 0.5) is 10.1 Å². The summed E-state index contributed by atoms with van der Waals surface area (Å²) in [6.45, 7) is 5.53. The lowest BCUT2D eigenvalue weighted by Gasteiger charge is -2.11. The number of rotatable bonds is 7. The number of halogens is 2. The second kappa shape index (κ2) is 11.3. The maximum Gasteiger partial charge on any atom is 0.282 e. The van der Waals surface area contributed by atoms with Crippen LogP contribution in [0, 0.1) is 26.6 Å². The van der Waals surface area contributed by atoms with Crippen molar-refractivity contribution in [3.8, 4) is 11.4 Å². The zero-order valence-corrected chi connectivity index (χ0v) is 23.6. The molecule has 0 aliphatic carbocycles. The zero-order chi connectivity index (χ0) is 28.4. The molecule has 0 radical (unpaired) electrons. The summed E-state index contributed by atoms with van der Waals surface area (Å²) < 4.78 is 22.8. The van der Waals surface area contributed by atoms with E-state index in [4.69, 9.17) is 4.74 Å². The molecule has 0 spiro atoms. The van der Waals surface area contributed by atoms with E-state index in [2.05, 4.69) is 35.9 Å². The molecule has 2 heterocycles. The number of aromatic nitrogens is 3. The monoisotopic (exact) mass is 601 g/mol. The number of nitrogens with one attached hydrogen (secondary N) is 1. The number of nitrogens with zero attached hydrogens (tertiary/aromatic N) is 4. The first-order valence-electron chi connectivity index (χ1n) is 12.4. The maximum atomic E-state index is 13.1. The van der Waals surface area contributed by atoms with Gasteiger partial charge in [-0.25, -0.2) is 9.37 Å². The summed E-state index contributed by atoms with van der Waals surface area (Å²) in [5.41, 5.74) is 4.56. The van der Waals surface area contributed by atoms with Gasteiger partial charge in [0, 0.05) is 32.8 Å². The Morgan fingerprint density at radius 2 is 1.77 bits per heavy atom. The van der Waals surface area contributed by atoms with Crippen molar-refractivity contribution in [3.05, 3.63) is 116 Å². The van der Waals surface area contributed by atoms with Crippen LogP contribution in [0.2, 0.25) is 0 Å². The lowest BCUT2D eigenvalue weighted by molar-refractivity contribution is -0.118. The van der Waals surface area contributed by atoms with Crippen molar-refractivity contribution >= 4 is 44.6 Å². The Labute approximate surface area is 237 Å². The number of ether oxygens (including phenoxy) is 1. The van der Waals surface area contributed by atoms with Crippen molar-refractivity contribution in [2.45, 2.75) is 20.8 Å². The number of fused-ring (bicyclic) bond motifs is 1. The molecule has 1 N–H and O–H groups in total. The SMILES string of the molecule is Cc1cc(C=Nn2c(C)nc3ccc(Br)cc3c2=O)c(C)n1-c1ccc(OCC(=O)Nc2ccc(F)cc2)cc1. The molecule has 0 fully saturated rings. The number of aryl methyl sites for hydroxylation is 2. The summed E-state index contributed by atoms with van der Waals surface area (Å²) in [7, 11) is 0. The van der Waals surface area contributed by atoms with E-state index in [1.54, 1.807) is 37.4 Å². The zero-order valence-electron chi connectivity index (χ0n) is 22.0. The number of hydrogen-bond donors (Lipinski definition) is 1. The number of carbonyl (C=O) groups excluding carboxylic acids is 1. The van der Waals surface area contributed by atoms with E-state index in [1.165, 1.54) is 28.9 Å². The molecule has 5 rings (SSSR count). The van der Waals surface area contributed by atoms with E-state index in [1.807, 2.05) is 38.1 Å². The fourth-order valence-corrected chi connectivity index (χ4v) is 4.76. The van der Waals surface area contributed by atoms with Crippen LogP contribution >= 0.6 is 15.9 Å². The molecule has 2 aromatic heterocycles. The van der Waals surface area contributed by atoms with Gasteiger partial charge in [-0.2, -0.15) is 9.78 Å². The van der Waals surface area contributed by atoms with E-state index < -0.39 is 0 Å². The molecule has 1 amide bonds. The second-order valence-electron chi connectivity index (χ2n) is 9.18. The van der Waals surface area contributed by atoms with Gasteiger partial charge in [0.2, 0.25) is 0 Å². The van der Waals surface area contributed by atoms with Crippen LogP contribution in [0.1, 0.15) is 22.8 Å². The fourth-order valence-electron chi connectivity index (χ4n) is 4.40. The van der Waals surface area contributed by atoms with Crippen LogP contribution in [0.5, 0.6) is 5.75 Å². The van der Waals surface area contributed by atoms with Crippen LogP contribution in [0.3, 0.4) is 0 Å². The maximum absolute atomic E-state index is 13.1. The number of carbonyl (C=O) groups is 1. The average molecular weight is 602 g/mol. The first kappa shape index (κ1) is 27.0. The third kappa shape index (κ3) is 5.72. The highest BCUT2D eigenvalue weighted by Gasteiger charge is 2.12. The molecule has 202 valence electrons. The van der Waals surface area contributed by atoms with Gasteiger partial charge in [-0.1, -0.05) is 15.9 Å². The molecule has 0 aliphatic heterocycles. The van der Waals surface area contributed by atoms with Crippen LogP contribution in [-0.4, -0.2) is 33.0 Å². The van der Waals surface area contributed by atoms with Crippen molar-refractivity contribution in [3.63, 3.8) is 0 Å². The van der Waals surface area contributed by atoms with Gasteiger partial charge in [-0.15, -0.1) is 0 Å². The van der Waals surface area contributed by atoms with Gasteiger partial charge >= 0.3 is 0 Å². The minimum Gasteiger partial charge on any atom is -0.484 e. The van der Waals surface area contributed by atoms with Crippen LogP contribution in [-0.2, 0) is 4.79 Å². The van der Waals surface area contributed by atoms with Crippen molar-refractivity contribution in [2.24, 2.45) is 5.10 Å². The highest BCUT2D eigenvalue weighted by molar-refractivity contribution is 9.10. The normalized spacial score (nSPS) is 11.3. The van der Waals surface area contributed by atoms with Crippen LogP contribution in [0.25, 0.3) is 16.6 Å². The summed E-state index contributed by atoms with van der Waals surface area (Å²) in [6, 6.07) is 20.3. The molecule has 5 aromatic rings. The van der Waals surface area contributed by atoms with Gasteiger partial charge in [0.15, 0.2) is 6.61 Å². The number of anilines is 1. The lowest BCUT2D eigenvalue weighted by Crippen LogP contribution is -2.20. The van der Waals surface area contributed by atoms with Crippen LogP contribution < -0.4 is 15.6 Å². The Balaban J connectivity index is 1.31. The second-order valence-corrected chi connectivity index (χ2v) is 10.1. The summed E-state index contributed by atoms with van der Waals surface area (Å²) in [5.74, 6) is 0.308. The smallest absolute Gasteiger partial charge is 0.282 e. The topological polar surface area (TPSA) is 90.5 Å². The molecule has 40 heavy (non-hydrogen) atoms. The first-order valence-corrected chi connectivity index (χ1v) is 13.2. The van der Waals surface area contributed by atoms with Gasteiger partial charge in [0.05, 0.1) is 17.1 Å². The summed E-state index contributed by atoms with van der Waals surface area (Å²) in [4.78, 5) is 29.7. The summed E-state index contributed by atoms with van der Waals surface area (Å²) >= 11 is 3.41. The van der Waals surface area contributed by atoms with Crippen LogP contribution in [0.15, 0.2) is 87.2 Å². The predicted octanol–water partition coefficient (Wildman–Crippen LogP) is 5.91. The van der Waals surface area contributed by atoms with E-state index in [0.29, 0.717) is 28.2 Å². The van der Waals surface area contributed by atoms with Crippen molar-refractivity contribution in [2.75, 3.05) is 11.9 Å². The van der Waals surface area contributed by atoms with E-state index >= 15 is 0 Å². The number of amides is 1. The summed E-state index contributed by atoms with van der Waals surface area (Å²) in [5, 5.41) is 7.61. The quantitative estimate of drug-likeness (QED) is 0.235. The highest BCUT2D eigenvalue weighted by atomic mass is 79.9. The van der Waals surface area contributed by atoms with Gasteiger partial charge in [0.1, 0.15) is 17.4 Å². The average Bonchev–Trinajstić information content (AvgIpc) is 3.22. The Kier molecular flexibility index (Phi) is 7.61. The molecule has 0 unspecified atom stereocenters. The van der Waals surface area contributed by atoms with Crippen molar-refractivity contribution in [1.82, 2.24) is 14.2 Å². The molecule has 0 saturated heterocycles. The molecular weight excluding hydrogens is 577 g/mol. The molecule has 0 saturated carbocycles.